The van der Waals surface area contributed by atoms with Gasteiger partial charge < -0.3 is 4.43 Å². The highest BCUT2D eigenvalue weighted by atomic mass is 28.4. The third-order valence-electron chi connectivity index (χ3n) is 6.69. The Morgan fingerprint density at radius 1 is 0.833 bits per heavy atom. The van der Waals surface area contributed by atoms with Crippen LogP contribution in [0.1, 0.15) is 65.5 Å². The van der Waals surface area contributed by atoms with Crippen molar-refractivity contribution in [2.24, 2.45) is 0 Å². The Labute approximate surface area is 181 Å². The van der Waals surface area contributed by atoms with Gasteiger partial charge in [-0.2, -0.15) is 0 Å². The summed E-state index contributed by atoms with van der Waals surface area (Å²) in [4.78, 5) is 17.2. The van der Waals surface area contributed by atoms with Crippen LogP contribution in [-0.2, 0) is 9.84 Å². The molecule has 2 aromatic heterocycles. The molecule has 0 saturated heterocycles. The molecule has 2 atom stereocenters. The molecule has 1 aliphatic rings. The predicted molar refractivity (Wildman–Crippen MR) is 124 cm³/mol. The Bertz CT molecular complexity index is 874. The first-order valence-corrected chi connectivity index (χ1v) is 13.0. The van der Waals surface area contributed by atoms with Crippen LogP contribution in [0.4, 0.5) is 0 Å². The molecule has 0 N–H and O–H groups in total. The van der Waals surface area contributed by atoms with E-state index in [0.29, 0.717) is 16.6 Å². The van der Waals surface area contributed by atoms with Gasteiger partial charge in [0.05, 0.1) is 11.7 Å². The van der Waals surface area contributed by atoms with Crippen LogP contribution in [0.15, 0.2) is 61.4 Å². The minimum atomic E-state index is -2.13. The molecule has 2 heterocycles. The quantitative estimate of drug-likeness (QED) is 0.516. The van der Waals surface area contributed by atoms with E-state index >= 15 is 0 Å². The van der Waals surface area contributed by atoms with Gasteiger partial charge in [-0.1, -0.05) is 60.6 Å². The molecule has 0 radical (unpaired) electrons. The Kier molecular flexibility index (Phi) is 6.55. The summed E-state index contributed by atoms with van der Waals surface area (Å²) in [5, 5.41) is 0. The summed E-state index contributed by atoms with van der Waals surface area (Å²) in [5.41, 5.74) is 3.20. The lowest BCUT2D eigenvalue weighted by atomic mass is 9.67. The van der Waals surface area contributed by atoms with Gasteiger partial charge in [-0.15, -0.1) is 0 Å². The second-order valence-corrected chi connectivity index (χ2v) is 14.7. The van der Waals surface area contributed by atoms with Crippen LogP contribution in [0.25, 0.3) is 0 Å². The van der Waals surface area contributed by atoms with Crippen molar-refractivity contribution in [1.29, 1.82) is 0 Å². The van der Waals surface area contributed by atoms with Crippen LogP contribution in [-0.4, -0.2) is 28.3 Å². The van der Waals surface area contributed by atoms with E-state index in [1.165, 1.54) is 0 Å². The van der Waals surface area contributed by atoms with Gasteiger partial charge in [0.15, 0.2) is 0 Å². The van der Waals surface area contributed by atoms with Crippen molar-refractivity contribution < 1.29 is 4.43 Å². The first-order chi connectivity index (χ1) is 14.2. The highest BCUT2D eigenvalue weighted by molar-refractivity contribution is 6.77. The summed E-state index contributed by atoms with van der Waals surface area (Å²) in [6.07, 6.45) is 17.2. The average Bonchev–Trinajstić information content (AvgIpc) is 2.72. The fraction of sp³-hybridized carbons (Fsp3) is 0.500. The van der Waals surface area contributed by atoms with E-state index in [-0.39, 0.29) is 11.3 Å². The number of hydrogen-bond acceptors (Lipinski definition) is 5. The molecular formula is C24H34N4OSi. The molecular weight excluding hydrogens is 388 g/mol. The Hall–Kier alpha value is -2.34. The molecule has 0 spiro atoms. The molecule has 0 amide bonds. The van der Waals surface area contributed by atoms with Crippen molar-refractivity contribution in [3.05, 3.63) is 72.6 Å². The van der Waals surface area contributed by atoms with Crippen LogP contribution in [0, 0.1) is 0 Å². The molecule has 30 heavy (non-hydrogen) atoms. The van der Waals surface area contributed by atoms with Crippen molar-refractivity contribution in [2.75, 3.05) is 0 Å². The molecule has 0 saturated carbocycles. The van der Waals surface area contributed by atoms with E-state index in [9.17, 15) is 0 Å². The Balaban J connectivity index is 2.15. The van der Waals surface area contributed by atoms with Crippen LogP contribution in [0.5, 0.6) is 0 Å². The maximum absolute atomic E-state index is 7.20. The number of allylic oxidation sites excluding steroid dienone is 4. The molecule has 0 fully saturated rings. The second kappa shape index (κ2) is 8.80. The smallest absolute Gasteiger partial charge is 0.258 e. The van der Waals surface area contributed by atoms with Gasteiger partial charge in [-0.25, -0.2) is 19.9 Å². The number of nitrogens with zero attached hydrogens (tertiary/aromatic N) is 4. The molecule has 1 aliphatic carbocycles. The van der Waals surface area contributed by atoms with Crippen molar-refractivity contribution in [3.8, 4) is 0 Å². The average molecular weight is 423 g/mol. The first kappa shape index (κ1) is 22.3. The fourth-order valence-corrected chi connectivity index (χ4v) is 10.6. The standard InChI is InChI=1S/C24H34N4OSi/c1-17(2)30(18(3)4,19(5)6)29-22-9-8-10-24(7,21-13-27-16-28-14-21)23(22)20-11-25-15-26-12-20/h8-19,23H,1-7H3. The summed E-state index contributed by atoms with van der Waals surface area (Å²) in [7, 11) is -2.13. The van der Waals surface area contributed by atoms with E-state index < -0.39 is 8.32 Å². The third kappa shape index (κ3) is 3.85. The number of aromatic nitrogens is 4. The van der Waals surface area contributed by atoms with Gasteiger partial charge in [0.25, 0.3) is 8.32 Å². The summed E-state index contributed by atoms with van der Waals surface area (Å²) < 4.78 is 7.20. The molecule has 2 aromatic rings. The first-order valence-electron chi connectivity index (χ1n) is 10.8. The molecule has 5 nitrogen and oxygen atoms in total. The lowest BCUT2D eigenvalue weighted by molar-refractivity contribution is 0.301. The van der Waals surface area contributed by atoms with Crippen molar-refractivity contribution in [3.63, 3.8) is 0 Å². The highest BCUT2D eigenvalue weighted by Gasteiger charge is 2.50. The number of hydrogen-bond donors (Lipinski definition) is 0. The van der Waals surface area contributed by atoms with Crippen molar-refractivity contribution in [1.82, 2.24) is 19.9 Å². The van der Waals surface area contributed by atoms with Gasteiger partial charge in [-0.3, -0.25) is 0 Å². The Morgan fingerprint density at radius 2 is 1.33 bits per heavy atom. The molecule has 160 valence electrons. The van der Waals surface area contributed by atoms with Crippen molar-refractivity contribution >= 4 is 8.32 Å². The van der Waals surface area contributed by atoms with Crippen molar-refractivity contribution in [2.45, 2.75) is 76.4 Å². The second-order valence-electron chi connectivity index (χ2n) is 9.36. The van der Waals surface area contributed by atoms with E-state index in [1.807, 2.05) is 24.8 Å². The summed E-state index contributed by atoms with van der Waals surface area (Å²) in [6, 6.07) is 0. The van der Waals surface area contributed by atoms with E-state index in [4.69, 9.17) is 4.43 Å². The third-order valence-corrected chi connectivity index (χ3v) is 12.7. The summed E-state index contributed by atoms with van der Waals surface area (Å²) in [5.74, 6) is 0.958. The highest BCUT2D eigenvalue weighted by Crippen LogP contribution is 2.51. The molecule has 0 aromatic carbocycles. The minimum Gasteiger partial charge on any atom is -0.545 e. The molecule has 2 unspecified atom stereocenters. The van der Waals surface area contributed by atoms with Gasteiger partial charge in [0.1, 0.15) is 12.7 Å². The lowest BCUT2D eigenvalue weighted by Gasteiger charge is -2.47. The Morgan fingerprint density at radius 3 is 1.83 bits per heavy atom. The molecule has 3 rings (SSSR count). The van der Waals surface area contributed by atoms with Gasteiger partial charge in [-0.05, 0) is 28.3 Å². The maximum atomic E-state index is 7.20. The van der Waals surface area contributed by atoms with Crippen LogP contribution < -0.4 is 0 Å². The van der Waals surface area contributed by atoms with Gasteiger partial charge >= 0.3 is 0 Å². The molecule has 6 heteroatoms. The SMILES string of the molecule is CC(C)[Si](OC1=CC=CC(C)(c2cncnc2)C1c1cncnc1)(C(C)C)C(C)C. The number of rotatable bonds is 7. The summed E-state index contributed by atoms with van der Waals surface area (Å²) in [6.45, 7) is 16.1. The maximum Gasteiger partial charge on any atom is 0.258 e. The largest absolute Gasteiger partial charge is 0.545 e. The van der Waals surface area contributed by atoms with Gasteiger partial charge in [0, 0.05) is 35.8 Å². The monoisotopic (exact) mass is 422 g/mol. The molecule has 0 bridgehead atoms. The normalized spacial score (nSPS) is 21.9. The zero-order valence-electron chi connectivity index (χ0n) is 19.2. The minimum absolute atomic E-state index is 0.0437. The van der Waals surface area contributed by atoms with E-state index in [2.05, 4.69) is 86.6 Å². The van der Waals surface area contributed by atoms with Crippen LogP contribution in [0.2, 0.25) is 16.6 Å². The van der Waals surface area contributed by atoms with Gasteiger partial charge in [0.2, 0.25) is 0 Å². The molecule has 0 aliphatic heterocycles. The fourth-order valence-electron chi connectivity index (χ4n) is 5.29. The topological polar surface area (TPSA) is 60.8 Å². The zero-order chi connectivity index (χ0) is 21.9. The van der Waals surface area contributed by atoms with Crippen LogP contribution >= 0.6 is 0 Å². The van der Waals surface area contributed by atoms with Crippen LogP contribution in [0.3, 0.4) is 0 Å². The summed E-state index contributed by atoms with van der Waals surface area (Å²) >= 11 is 0. The van der Waals surface area contributed by atoms with E-state index in [0.717, 1.165) is 16.9 Å². The zero-order valence-corrected chi connectivity index (χ0v) is 20.2. The van der Waals surface area contributed by atoms with E-state index in [1.54, 1.807) is 12.7 Å². The predicted octanol–water partition coefficient (Wildman–Crippen LogP) is 5.95. The lowest BCUT2D eigenvalue weighted by Crippen LogP contribution is -2.49.